The zero-order valence-corrected chi connectivity index (χ0v) is 17.8. The number of anilines is 1. The number of nitrogens with one attached hydrogen (secondary N) is 2. The molecule has 1 aromatic heterocycles. The number of aliphatic imine (C=N–C) groups is 1. The number of carbonyl (C=O) groups is 1. The molecule has 0 aliphatic carbocycles. The first kappa shape index (κ1) is 22.9. The van der Waals surface area contributed by atoms with Crippen molar-refractivity contribution in [2.24, 2.45) is 16.6 Å². The molecule has 0 spiro atoms. The summed E-state index contributed by atoms with van der Waals surface area (Å²) < 4.78 is 5.58. The maximum Gasteiger partial charge on any atom is 0.222 e. The van der Waals surface area contributed by atoms with Gasteiger partial charge in [-0.25, -0.2) is 4.98 Å². The van der Waals surface area contributed by atoms with Crippen LogP contribution < -0.4 is 21.3 Å². The van der Waals surface area contributed by atoms with Gasteiger partial charge in [0.1, 0.15) is 5.82 Å². The van der Waals surface area contributed by atoms with Crippen molar-refractivity contribution in [1.29, 1.82) is 0 Å². The Morgan fingerprint density at radius 1 is 1.38 bits per heavy atom. The molecular formula is C21H36N6O2. The molecule has 1 aliphatic rings. The molecule has 8 heteroatoms. The van der Waals surface area contributed by atoms with Crippen LogP contribution in [-0.2, 0) is 16.1 Å². The Morgan fingerprint density at radius 2 is 2.21 bits per heavy atom. The van der Waals surface area contributed by atoms with E-state index in [0.29, 0.717) is 13.1 Å². The molecule has 1 unspecified atom stereocenters. The number of aromatic nitrogens is 1. The van der Waals surface area contributed by atoms with E-state index in [0.717, 1.165) is 75.7 Å². The first-order valence-electron chi connectivity index (χ1n) is 10.7. The molecule has 0 bridgehead atoms. The summed E-state index contributed by atoms with van der Waals surface area (Å²) in [7, 11) is 1.76. The Labute approximate surface area is 174 Å². The van der Waals surface area contributed by atoms with Crippen LogP contribution in [0.3, 0.4) is 0 Å². The van der Waals surface area contributed by atoms with Gasteiger partial charge in [0.15, 0.2) is 5.96 Å². The van der Waals surface area contributed by atoms with Crippen LogP contribution in [0.15, 0.2) is 23.3 Å². The smallest absolute Gasteiger partial charge is 0.222 e. The standard InChI is InChI=1S/C21H36N6O2/c1-3-4-13-29-14-7-11-25-21(23-2)26-15-17-8-5-10-24-20(17)27-12-6-9-18(16-27)19(22)28/h5,8,10,18H,3-4,6-7,9,11-16H2,1-2H3,(H2,22,28)(H2,23,25,26). The average molecular weight is 405 g/mol. The minimum atomic E-state index is -0.228. The number of guanidine groups is 1. The summed E-state index contributed by atoms with van der Waals surface area (Å²) in [6.07, 6.45) is 6.79. The van der Waals surface area contributed by atoms with E-state index >= 15 is 0 Å². The Balaban J connectivity index is 1.83. The van der Waals surface area contributed by atoms with Crippen LogP contribution in [0.2, 0.25) is 0 Å². The predicted octanol–water partition coefficient (Wildman–Crippen LogP) is 1.66. The van der Waals surface area contributed by atoms with Crippen LogP contribution in [0.25, 0.3) is 0 Å². The lowest BCUT2D eigenvalue weighted by Gasteiger charge is -2.33. The molecule has 1 fully saturated rings. The fraction of sp³-hybridized carbons (Fsp3) is 0.667. The number of rotatable bonds is 11. The molecule has 2 heterocycles. The van der Waals surface area contributed by atoms with Gasteiger partial charge in [-0.3, -0.25) is 9.79 Å². The molecule has 4 N–H and O–H groups in total. The van der Waals surface area contributed by atoms with E-state index in [9.17, 15) is 4.79 Å². The van der Waals surface area contributed by atoms with Gasteiger partial charge in [0.25, 0.3) is 0 Å². The molecule has 1 amide bonds. The lowest BCUT2D eigenvalue weighted by molar-refractivity contribution is -0.122. The van der Waals surface area contributed by atoms with Crippen LogP contribution in [-0.4, -0.2) is 56.7 Å². The van der Waals surface area contributed by atoms with Gasteiger partial charge < -0.3 is 26.0 Å². The largest absolute Gasteiger partial charge is 0.381 e. The second kappa shape index (κ2) is 13.0. The van der Waals surface area contributed by atoms with Crippen LogP contribution in [0.1, 0.15) is 44.6 Å². The lowest BCUT2D eigenvalue weighted by atomic mass is 9.97. The minimum Gasteiger partial charge on any atom is -0.381 e. The van der Waals surface area contributed by atoms with E-state index in [-0.39, 0.29) is 11.8 Å². The van der Waals surface area contributed by atoms with E-state index < -0.39 is 0 Å². The lowest BCUT2D eigenvalue weighted by Crippen LogP contribution is -2.42. The van der Waals surface area contributed by atoms with Gasteiger partial charge in [0, 0.05) is 58.2 Å². The van der Waals surface area contributed by atoms with Gasteiger partial charge in [-0.15, -0.1) is 0 Å². The highest BCUT2D eigenvalue weighted by Gasteiger charge is 2.25. The summed E-state index contributed by atoms with van der Waals surface area (Å²) in [5.74, 6) is 1.32. The number of ether oxygens (including phenoxy) is 1. The molecular weight excluding hydrogens is 368 g/mol. The number of piperidine rings is 1. The number of hydrogen-bond acceptors (Lipinski definition) is 5. The first-order valence-corrected chi connectivity index (χ1v) is 10.7. The zero-order valence-electron chi connectivity index (χ0n) is 17.8. The van der Waals surface area contributed by atoms with Crippen molar-refractivity contribution in [2.75, 3.05) is 44.8 Å². The monoisotopic (exact) mass is 404 g/mol. The van der Waals surface area contributed by atoms with E-state index in [2.05, 4.69) is 38.5 Å². The van der Waals surface area contributed by atoms with Crippen molar-refractivity contribution in [3.05, 3.63) is 23.9 Å². The third kappa shape index (κ3) is 7.89. The van der Waals surface area contributed by atoms with Gasteiger partial charge in [-0.05, 0) is 31.7 Å². The Hall–Kier alpha value is -2.35. The van der Waals surface area contributed by atoms with E-state index in [1.54, 1.807) is 13.2 Å². The number of hydrogen-bond donors (Lipinski definition) is 3. The summed E-state index contributed by atoms with van der Waals surface area (Å²) >= 11 is 0. The maximum atomic E-state index is 11.6. The van der Waals surface area contributed by atoms with Crippen molar-refractivity contribution in [3.63, 3.8) is 0 Å². The molecule has 1 aliphatic heterocycles. The van der Waals surface area contributed by atoms with Crippen molar-refractivity contribution in [3.8, 4) is 0 Å². The Kier molecular flexibility index (Phi) is 10.3. The molecule has 2 rings (SSSR count). The highest BCUT2D eigenvalue weighted by atomic mass is 16.5. The predicted molar refractivity (Wildman–Crippen MR) is 117 cm³/mol. The Bertz CT molecular complexity index is 652. The summed E-state index contributed by atoms with van der Waals surface area (Å²) in [4.78, 5) is 22.6. The minimum absolute atomic E-state index is 0.111. The maximum absolute atomic E-state index is 11.6. The van der Waals surface area contributed by atoms with Crippen molar-refractivity contribution >= 4 is 17.7 Å². The second-order valence-corrected chi connectivity index (χ2v) is 7.35. The number of unbranched alkanes of at least 4 members (excludes halogenated alkanes) is 1. The van der Waals surface area contributed by atoms with Crippen LogP contribution in [0.4, 0.5) is 5.82 Å². The highest BCUT2D eigenvalue weighted by Crippen LogP contribution is 2.24. The zero-order chi connectivity index (χ0) is 20.9. The molecule has 0 radical (unpaired) electrons. The Morgan fingerprint density at radius 3 is 2.97 bits per heavy atom. The van der Waals surface area contributed by atoms with E-state index in [1.807, 2.05) is 6.07 Å². The molecule has 1 aromatic rings. The van der Waals surface area contributed by atoms with E-state index in [4.69, 9.17) is 10.5 Å². The van der Waals surface area contributed by atoms with Gasteiger partial charge in [-0.1, -0.05) is 19.4 Å². The number of amides is 1. The second-order valence-electron chi connectivity index (χ2n) is 7.35. The summed E-state index contributed by atoms with van der Waals surface area (Å²) in [6.45, 7) is 6.68. The summed E-state index contributed by atoms with van der Waals surface area (Å²) in [5, 5.41) is 6.67. The molecule has 29 heavy (non-hydrogen) atoms. The summed E-state index contributed by atoms with van der Waals surface area (Å²) in [5.41, 5.74) is 6.60. The van der Waals surface area contributed by atoms with Crippen molar-refractivity contribution in [2.45, 2.75) is 45.6 Å². The third-order valence-corrected chi connectivity index (χ3v) is 5.06. The highest BCUT2D eigenvalue weighted by molar-refractivity contribution is 5.80. The van der Waals surface area contributed by atoms with Gasteiger partial charge in [-0.2, -0.15) is 0 Å². The fourth-order valence-corrected chi connectivity index (χ4v) is 3.38. The molecule has 1 atom stereocenters. The summed E-state index contributed by atoms with van der Waals surface area (Å²) in [6, 6.07) is 3.98. The SMILES string of the molecule is CCCCOCCCNC(=NC)NCc1cccnc1N1CCCC(C(N)=O)C1. The molecule has 0 saturated carbocycles. The van der Waals surface area contributed by atoms with Gasteiger partial charge >= 0.3 is 0 Å². The normalized spacial score (nSPS) is 17.2. The van der Waals surface area contributed by atoms with Crippen molar-refractivity contribution in [1.82, 2.24) is 15.6 Å². The first-order chi connectivity index (χ1) is 14.2. The fourth-order valence-electron chi connectivity index (χ4n) is 3.38. The molecule has 162 valence electrons. The molecule has 0 aromatic carbocycles. The van der Waals surface area contributed by atoms with Gasteiger partial charge in [0.05, 0.1) is 5.92 Å². The van der Waals surface area contributed by atoms with Crippen molar-refractivity contribution < 1.29 is 9.53 Å². The van der Waals surface area contributed by atoms with Crippen LogP contribution >= 0.6 is 0 Å². The number of nitrogens with two attached hydrogens (primary N) is 1. The van der Waals surface area contributed by atoms with Gasteiger partial charge in [0.2, 0.25) is 5.91 Å². The molecule has 1 saturated heterocycles. The number of carbonyl (C=O) groups excluding carboxylic acids is 1. The molecule has 8 nitrogen and oxygen atoms in total. The van der Waals surface area contributed by atoms with Crippen LogP contribution in [0.5, 0.6) is 0 Å². The van der Waals surface area contributed by atoms with E-state index in [1.165, 1.54) is 0 Å². The number of nitrogens with zero attached hydrogens (tertiary/aromatic N) is 3. The topological polar surface area (TPSA) is 105 Å². The average Bonchev–Trinajstić information content (AvgIpc) is 2.75. The quantitative estimate of drug-likeness (QED) is 0.294. The van der Waals surface area contributed by atoms with Crippen LogP contribution in [0, 0.1) is 5.92 Å². The third-order valence-electron chi connectivity index (χ3n) is 5.06. The number of pyridine rings is 1. The number of primary amides is 1.